The van der Waals surface area contributed by atoms with Crippen molar-refractivity contribution in [3.63, 3.8) is 0 Å². The molecule has 0 saturated carbocycles. The minimum absolute atomic E-state index is 0.181. The lowest BCUT2D eigenvalue weighted by molar-refractivity contribution is 0.609. The average Bonchev–Trinajstić information content (AvgIpc) is 2.47. The van der Waals surface area contributed by atoms with E-state index < -0.39 is 0 Å². The standard InChI is InChI=1S/C16H17BrFNS/c1-19-15(10-12-2-6-14(18)7-3-12)11-20-16-8-4-13(17)5-9-16/h2-9,15,19H,10-11H2,1H3. The van der Waals surface area contributed by atoms with Crippen molar-refractivity contribution in [2.75, 3.05) is 12.8 Å². The van der Waals surface area contributed by atoms with Crippen molar-refractivity contribution >= 4 is 27.7 Å². The van der Waals surface area contributed by atoms with Gasteiger partial charge < -0.3 is 5.32 Å². The number of hydrogen-bond donors (Lipinski definition) is 1. The van der Waals surface area contributed by atoms with Crippen LogP contribution in [0.1, 0.15) is 5.56 Å². The summed E-state index contributed by atoms with van der Waals surface area (Å²) in [4.78, 5) is 1.26. The molecule has 1 atom stereocenters. The lowest BCUT2D eigenvalue weighted by Crippen LogP contribution is -2.30. The number of benzene rings is 2. The van der Waals surface area contributed by atoms with Gasteiger partial charge in [-0.15, -0.1) is 11.8 Å². The Balaban J connectivity index is 1.88. The molecule has 0 fully saturated rings. The third kappa shape index (κ3) is 4.93. The molecule has 106 valence electrons. The van der Waals surface area contributed by atoms with E-state index in [2.05, 4.69) is 45.5 Å². The number of rotatable bonds is 6. The Hall–Kier alpha value is -0.840. The van der Waals surface area contributed by atoms with Crippen molar-refractivity contribution < 1.29 is 4.39 Å². The molecule has 0 radical (unpaired) electrons. The van der Waals surface area contributed by atoms with Crippen LogP contribution in [-0.4, -0.2) is 18.8 Å². The lowest BCUT2D eigenvalue weighted by atomic mass is 10.1. The van der Waals surface area contributed by atoms with Gasteiger partial charge in [0.1, 0.15) is 5.82 Å². The van der Waals surface area contributed by atoms with Crippen molar-refractivity contribution in [1.82, 2.24) is 5.32 Å². The number of hydrogen-bond acceptors (Lipinski definition) is 2. The maximum Gasteiger partial charge on any atom is 0.123 e. The molecule has 0 bridgehead atoms. The molecule has 1 N–H and O–H groups in total. The number of likely N-dealkylation sites (N-methyl/N-ethyl adjacent to an activating group) is 1. The zero-order valence-corrected chi connectivity index (χ0v) is 13.7. The van der Waals surface area contributed by atoms with Gasteiger partial charge in [-0.25, -0.2) is 4.39 Å². The molecule has 2 aromatic rings. The smallest absolute Gasteiger partial charge is 0.123 e. The maximum atomic E-state index is 12.9. The summed E-state index contributed by atoms with van der Waals surface area (Å²) in [6.45, 7) is 0. The van der Waals surface area contributed by atoms with E-state index in [1.807, 2.05) is 30.9 Å². The summed E-state index contributed by atoms with van der Waals surface area (Å²) in [6.07, 6.45) is 0.903. The Kier molecular flexibility index (Phi) is 6.07. The van der Waals surface area contributed by atoms with E-state index >= 15 is 0 Å². The Morgan fingerprint density at radius 3 is 2.35 bits per heavy atom. The SMILES string of the molecule is CNC(CSc1ccc(Br)cc1)Cc1ccc(F)cc1. The lowest BCUT2D eigenvalue weighted by Gasteiger charge is -2.16. The van der Waals surface area contributed by atoms with Crippen LogP contribution >= 0.6 is 27.7 Å². The molecule has 1 nitrogen and oxygen atoms in total. The van der Waals surface area contributed by atoms with E-state index in [0.29, 0.717) is 6.04 Å². The van der Waals surface area contributed by atoms with Crippen LogP contribution in [-0.2, 0) is 6.42 Å². The molecule has 0 spiro atoms. The quantitative estimate of drug-likeness (QED) is 0.766. The molecule has 0 aromatic heterocycles. The average molecular weight is 354 g/mol. The summed E-state index contributed by atoms with van der Waals surface area (Å²) in [5, 5.41) is 3.32. The van der Waals surface area contributed by atoms with Crippen LogP contribution in [0, 0.1) is 5.82 Å². The zero-order chi connectivity index (χ0) is 14.4. The van der Waals surface area contributed by atoms with Crippen LogP contribution in [0.3, 0.4) is 0 Å². The van der Waals surface area contributed by atoms with E-state index in [1.165, 1.54) is 17.0 Å². The van der Waals surface area contributed by atoms with Crippen molar-refractivity contribution in [2.24, 2.45) is 0 Å². The molecule has 0 aliphatic rings. The van der Waals surface area contributed by atoms with Gasteiger partial charge >= 0.3 is 0 Å². The first-order valence-electron chi connectivity index (χ1n) is 6.47. The topological polar surface area (TPSA) is 12.0 Å². The van der Waals surface area contributed by atoms with Crippen LogP contribution in [0.15, 0.2) is 57.9 Å². The molecule has 0 amide bonds. The van der Waals surface area contributed by atoms with Crippen molar-refractivity contribution in [2.45, 2.75) is 17.4 Å². The van der Waals surface area contributed by atoms with E-state index in [-0.39, 0.29) is 5.82 Å². The molecule has 1 unspecified atom stereocenters. The zero-order valence-electron chi connectivity index (χ0n) is 11.3. The molecule has 2 aromatic carbocycles. The Labute approximate surface area is 132 Å². The van der Waals surface area contributed by atoms with Gasteiger partial charge in [0.05, 0.1) is 0 Å². The van der Waals surface area contributed by atoms with Gasteiger partial charge in [-0.2, -0.15) is 0 Å². The van der Waals surface area contributed by atoms with Crippen LogP contribution in [0.5, 0.6) is 0 Å². The second-order valence-electron chi connectivity index (χ2n) is 4.58. The van der Waals surface area contributed by atoms with Crippen LogP contribution in [0.25, 0.3) is 0 Å². The Morgan fingerprint density at radius 1 is 1.10 bits per heavy atom. The van der Waals surface area contributed by atoms with Crippen molar-refractivity contribution in [3.8, 4) is 0 Å². The molecule has 4 heteroatoms. The highest BCUT2D eigenvalue weighted by Gasteiger charge is 2.08. The third-order valence-electron chi connectivity index (χ3n) is 3.07. The maximum absolute atomic E-state index is 12.9. The van der Waals surface area contributed by atoms with Gasteiger partial charge in [-0.1, -0.05) is 28.1 Å². The second kappa shape index (κ2) is 7.81. The summed E-state index contributed by atoms with van der Waals surface area (Å²) in [7, 11) is 1.97. The summed E-state index contributed by atoms with van der Waals surface area (Å²) in [6, 6.07) is 15.4. The normalized spacial score (nSPS) is 12.3. The summed E-state index contributed by atoms with van der Waals surface area (Å²) in [5.74, 6) is 0.800. The molecular formula is C16H17BrFNS. The fourth-order valence-corrected chi connectivity index (χ4v) is 3.15. The van der Waals surface area contributed by atoms with Crippen molar-refractivity contribution in [3.05, 3.63) is 64.4 Å². The fourth-order valence-electron chi connectivity index (χ4n) is 1.88. The first-order chi connectivity index (χ1) is 9.67. The van der Waals surface area contributed by atoms with Gasteiger partial charge in [0.25, 0.3) is 0 Å². The third-order valence-corrected chi connectivity index (χ3v) is 4.77. The number of thioether (sulfide) groups is 1. The van der Waals surface area contributed by atoms with Gasteiger partial charge in [0.2, 0.25) is 0 Å². The summed E-state index contributed by atoms with van der Waals surface area (Å²) < 4.78 is 14.0. The monoisotopic (exact) mass is 353 g/mol. The Bertz CT molecular complexity index is 527. The van der Waals surface area contributed by atoms with Crippen molar-refractivity contribution in [1.29, 1.82) is 0 Å². The van der Waals surface area contributed by atoms with Gasteiger partial charge in [0, 0.05) is 21.2 Å². The number of halogens is 2. The first kappa shape index (κ1) is 15.5. The number of nitrogens with one attached hydrogen (secondary N) is 1. The molecule has 0 aliphatic heterocycles. The molecule has 0 heterocycles. The van der Waals surface area contributed by atoms with E-state index in [1.54, 1.807) is 0 Å². The Morgan fingerprint density at radius 2 is 1.75 bits per heavy atom. The largest absolute Gasteiger partial charge is 0.316 e. The highest BCUT2D eigenvalue weighted by molar-refractivity contribution is 9.10. The molecule has 0 saturated heterocycles. The highest BCUT2D eigenvalue weighted by atomic mass is 79.9. The summed E-state index contributed by atoms with van der Waals surface area (Å²) in [5.41, 5.74) is 1.15. The predicted octanol–water partition coefficient (Wildman–Crippen LogP) is 4.51. The van der Waals surface area contributed by atoms with E-state index in [0.717, 1.165) is 22.2 Å². The van der Waals surface area contributed by atoms with Crippen LogP contribution < -0.4 is 5.32 Å². The van der Waals surface area contributed by atoms with E-state index in [4.69, 9.17) is 0 Å². The minimum Gasteiger partial charge on any atom is -0.316 e. The predicted molar refractivity (Wildman–Crippen MR) is 87.8 cm³/mol. The van der Waals surface area contributed by atoms with Gasteiger partial charge in [0.15, 0.2) is 0 Å². The van der Waals surface area contributed by atoms with Crippen LogP contribution in [0.2, 0.25) is 0 Å². The van der Waals surface area contributed by atoms with Gasteiger partial charge in [-0.3, -0.25) is 0 Å². The first-order valence-corrected chi connectivity index (χ1v) is 8.25. The van der Waals surface area contributed by atoms with Crippen LogP contribution in [0.4, 0.5) is 4.39 Å². The molecule has 2 rings (SSSR count). The molecule has 20 heavy (non-hydrogen) atoms. The highest BCUT2D eigenvalue weighted by Crippen LogP contribution is 2.22. The minimum atomic E-state index is -0.181. The molecule has 0 aliphatic carbocycles. The second-order valence-corrected chi connectivity index (χ2v) is 6.59. The van der Waals surface area contributed by atoms with Gasteiger partial charge in [-0.05, 0) is 55.4 Å². The van der Waals surface area contributed by atoms with E-state index in [9.17, 15) is 4.39 Å². The summed E-state index contributed by atoms with van der Waals surface area (Å²) >= 11 is 5.26. The molecular weight excluding hydrogens is 337 g/mol. The fraction of sp³-hybridized carbons (Fsp3) is 0.250.